The number of anilines is 1. The Morgan fingerprint density at radius 1 is 1.04 bits per heavy atom. The van der Waals surface area contributed by atoms with Crippen molar-refractivity contribution >= 4 is 23.3 Å². The largest absolute Gasteiger partial charge is 0.496 e. The van der Waals surface area contributed by atoms with Gasteiger partial charge in [-0.1, -0.05) is 6.07 Å². The fourth-order valence-electron chi connectivity index (χ4n) is 2.50. The molecule has 136 valence electrons. The zero-order valence-corrected chi connectivity index (χ0v) is 15.3. The summed E-state index contributed by atoms with van der Waals surface area (Å²) in [6.45, 7) is 1.47. The number of hydrogen-bond acceptors (Lipinski definition) is 4. The highest BCUT2D eigenvalue weighted by molar-refractivity contribution is 5.98. The highest BCUT2D eigenvalue weighted by atomic mass is 16.5. The molecule has 0 saturated carbocycles. The lowest BCUT2D eigenvalue weighted by Crippen LogP contribution is -2.22. The number of rotatable bonds is 6. The molecule has 0 aliphatic heterocycles. The van der Waals surface area contributed by atoms with E-state index in [9.17, 15) is 14.4 Å². The second-order valence-corrected chi connectivity index (χ2v) is 6.09. The number of nitrogens with one attached hydrogen (secondary N) is 1. The topological polar surface area (TPSA) is 75.7 Å². The SMILES string of the molecule is COc1ccc(C(C)=O)cc1CC(=O)Nc1cccc(C(=O)N(C)C)c1. The Bertz CT molecular complexity index is 843. The van der Waals surface area contributed by atoms with Crippen LogP contribution in [0.25, 0.3) is 0 Å². The van der Waals surface area contributed by atoms with Crippen LogP contribution in [-0.2, 0) is 11.2 Å². The summed E-state index contributed by atoms with van der Waals surface area (Å²) < 4.78 is 5.27. The Kier molecular flexibility index (Phi) is 6.11. The summed E-state index contributed by atoms with van der Waals surface area (Å²) in [5, 5.41) is 2.77. The molecule has 0 atom stereocenters. The van der Waals surface area contributed by atoms with Crippen LogP contribution in [0.1, 0.15) is 33.2 Å². The first kappa shape index (κ1) is 19.2. The number of nitrogens with zero attached hydrogens (tertiary/aromatic N) is 1. The molecule has 0 saturated heterocycles. The van der Waals surface area contributed by atoms with Gasteiger partial charge in [-0.25, -0.2) is 0 Å². The number of carbonyl (C=O) groups is 3. The van der Waals surface area contributed by atoms with Crippen molar-refractivity contribution in [2.24, 2.45) is 0 Å². The van der Waals surface area contributed by atoms with Gasteiger partial charge >= 0.3 is 0 Å². The molecule has 2 aromatic carbocycles. The van der Waals surface area contributed by atoms with Crippen LogP contribution in [0.5, 0.6) is 5.75 Å². The highest BCUT2D eigenvalue weighted by Gasteiger charge is 2.13. The average molecular weight is 354 g/mol. The quantitative estimate of drug-likeness (QED) is 0.810. The number of amides is 2. The standard InChI is InChI=1S/C20H22N2O4/c1-13(23)14-8-9-18(26-4)16(10-14)12-19(24)21-17-7-5-6-15(11-17)20(25)22(2)3/h5-11H,12H2,1-4H3,(H,21,24). The molecule has 2 aromatic rings. The van der Waals surface area contributed by atoms with Crippen LogP contribution in [0.4, 0.5) is 5.69 Å². The zero-order valence-electron chi connectivity index (χ0n) is 15.3. The first-order valence-electron chi connectivity index (χ1n) is 8.11. The number of methoxy groups -OCH3 is 1. The van der Waals surface area contributed by atoms with Crippen LogP contribution in [0.3, 0.4) is 0 Å². The first-order chi connectivity index (χ1) is 12.3. The summed E-state index contributed by atoms with van der Waals surface area (Å²) >= 11 is 0. The molecule has 2 amide bonds. The summed E-state index contributed by atoms with van der Waals surface area (Å²) in [4.78, 5) is 37.4. The van der Waals surface area contributed by atoms with Crippen molar-refractivity contribution in [1.82, 2.24) is 4.90 Å². The van der Waals surface area contributed by atoms with Crippen molar-refractivity contribution in [3.05, 3.63) is 59.2 Å². The number of Topliss-reactive ketones (excluding diaryl/α,β-unsaturated/α-hetero) is 1. The van der Waals surface area contributed by atoms with E-state index in [1.807, 2.05) is 0 Å². The number of benzene rings is 2. The zero-order chi connectivity index (χ0) is 19.3. The lowest BCUT2D eigenvalue weighted by atomic mass is 10.0. The molecule has 6 heteroatoms. The summed E-state index contributed by atoms with van der Waals surface area (Å²) in [6, 6.07) is 11.7. The molecule has 0 fully saturated rings. The fourth-order valence-corrected chi connectivity index (χ4v) is 2.50. The van der Waals surface area contributed by atoms with E-state index in [1.54, 1.807) is 56.6 Å². The van der Waals surface area contributed by atoms with E-state index < -0.39 is 0 Å². The minimum atomic E-state index is -0.265. The van der Waals surface area contributed by atoms with Gasteiger partial charge in [-0.05, 0) is 43.3 Å². The molecule has 1 N–H and O–H groups in total. The number of hydrogen-bond donors (Lipinski definition) is 1. The van der Waals surface area contributed by atoms with Gasteiger partial charge in [-0.15, -0.1) is 0 Å². The van der Waals surface area contributed by atoms with Crippen LogP contribution < -0.4 is 10.1 Å². The Balaban J connectivity index is 2.17. The molecule has 2 rings (SSSR count). The predicted molar refractivity (Wildman–Crippen MR) is 99.8 cm³/mol. The smallest absolute Gasteiger partial charge is 0.253 e. The van der Waals surface area contributed by atoms with Gasteiger partial charge in [0.25, 0.3) is 5.91 Å². The molecule has 0 spiro atoms. The summed E-state index contributed by atoms with van der Waals surface area (Å²) in [6.07, 6.45) is 0.0517. The van der Waals surface area contributed by atoms with Gasteiger partial charge in [-0.3, -0.25) is 14.4 Å². The summed E-state index contributed by atoms with van der Waals surface area (Å²) in [7, 11) is 4.85. The molecule has 0 aromatic heterocycles. The second kappa shape index (κ2) is 8.29. The van der Waals surface area contributed by atoms with E-state index in [-0.39, 0.29) is 24.0 Å². The Morgan fingerprint density at radius 2 is 1.77 bits per heavy atom. The van der Waals surface area contributed by atoms with Crippen molar-refractivity contribution in [2.75, 3.05) is 26.5 Å². The van der Waals surface area contributed by atoms with E-state index in [1.165, 1.54) is 18.9 Å². The predicted octanol–water partition coefficient (Wildman–Crippen LogP) is 2.78. The Morgan fingerprint density at radius 3 is 2.38 bits per heavy atom. The third kappa shape index (κ3) is 4.69. The monoisotopic (exact) mass is 354 g/mol. The van der Waals surface area contributed by atoms with E-state index in [4.69, 9.17) is 4.74 Å². The van der Waals surface area contributed by atoms with Crippen molar-refractivity contribution in [1.29, 1.82) is 0 Å². The van der Waals surface area contributed by atoms with E-state index >= 15 is 0 Å². The van der Waals surface area contributed by atoms with Gasteiger partial charge in [0.1, 0.15) is 5.75 Å². The lowest BCUT2D eigenvalue weighted by molar-refractivity contribution is -0.115. The lowest BCUT2D eigenvalue weighted by Gasteiger charge is -2.13. The molecule has 0 radical (unpaired) electrons. The van der Waals surface area contributed by atoms with Gasteiger partial charge in [0.05, 0.1) is 13.5 Å². The maximum Gasteiger partial charge on any atom is 0.253 e. The van der Waals surface area contributed by atoms with Gasteiger partial charge in [0, 0.05) is 36.5 Å². The molecular formula is C20H22N2O4. The number of carbonyl (C=O) groups excluding carboxylic acids is 3. The normalized spacial score (nSPS) is 10.2. The molecule has 6 nitrogen and oxygen atoms in total. The number of ether oxygens (including phenoxy) is 1. The van der Waals surface area contributed by atoms with Crippen LogP contribution >= 0.6 is 0 Å². The third-order valence-corrected chi connectivity index (χ3v) is 3.84. The third-order valence-electron chi connectivity index (χ3n) is 3.84. The van der Waals surface area contributed by atoms with Crippen LogP contribution in [0, 0.1) is 0 Å². The molecule has 0 aliphatic carbocycles. The van der Waals surface area contributed by atoms with Crippen molar-refractivity contribution in [2.45, 2.75) is 13.3 Å². The van der Waals surface area contributed by atoms with Crippen LogP contribution in [0.15, 0.2) is 42.5 Å². The van der Waals surface area contributed by atoms with Gasteiger partial charge in [0.2, 0.25) is 5.91 Å². The average Bonchev–Trinajstić information content (AvgIpc) is 2.60. The molecule has 0 bridgehead atoms. The van der Waals surface area contributed by atoms with E-state index in [0.29, 0.717) is 28.1 Å². The van der Waals surface area contributed by atoms with Crippen molar-refractivity contribution in [3.8, 4) is 5.75 Å². The maximum atomic E-state index is 12.4. The van der Waals surface area contributed by atoms with E-state index in [2.05, 4.69) is 5.32 Å². The Hall–Kier alpha value is -3.15. The van der Waals surface area contributed by atoms with Crippen LogP contribution in [0.2, 0.25) is 0 Å². The summed E-state index contributed by atoms with van der Waals surface area (Å²) in [5.41, 5.74) is 2.17. The van der Waals surface area contributed by atoms with E-state index in [0.717, 1.165) is 0 Å². The molecular weight excluding hydrogens is 332 g/mol. The minimum Gasteiger partial charge on any atom is -0.496 e. The van der Waals surface area contributed by atoms with Gasteiger partial charge in [-0.2, -0.15) is 0 Å². The second-order valence-electron chi connectivity index (χ2n) is 6.09. The van der Waals surface area contributed by atoms with Crippen molar-refractivity contribution in [3.63, 3.8) is 0 Å². The number of ketones is 1. The minimum absolute atomic E-state index is 0.0517. The molecule has 0 unspecified atom stereocenters. The summed E-state index contributed by atoms with van der Waals surface area (Å²) in [5.74, 6) is 0.0567. The molecule has 0 aliphatic rings. The van der Waals surface area contributed by atoms with Gasteiger partial charge in [0.15, 0.2) is 5.78 Å². The van der Waals surface area contributed by atoms with Crippen LogP contribution in [-0.4, -0.2) is 43.7 Å². The Labute approximate surface area is 152 Å². The molecule has 0 heterocycles. The highest BCUT2D eigenvalue weighted by Crippen LogP contribution is 2.21. The van der Waals surface area contributed by atoms with Gasteiger partial charge < -0.3 is 15.0 Å². The maximum absolute atomic E-state index is 12.4. The molecule has 26 heavy (non-hydrogen) atoms. The van der Waals surface area contributed by atoms with Crippen molar-refractivity contribution < 1.29 is 19.1 Å². The fraction of sp³-hybridized carbons (Fsp3) is 0.250. The first-order valence-corrected chi connectivity index (χ1v) is 8.11.